The van der Waals surface area contributed by atoms with Crippen LogP contribution in [0, 0.1) is 11.6 Å². The Bertz CT molecular complexity index is 1060. The molecule has 0 unspecified atom stereocenters. The summed E-state index contributed by atoms with van der Waals surface area (Å²) >= 11 is 11.9. The number of aromatic nitrogens is 2. The zero-order valence-corrected chi connectivity index (χ0v) is 15.8. The van der Waals surface area contributed by atoms with E-state index in [2.05, 4.69) is 15.6 Å². The summed E-state index contributed by atoms with van der Waals surface area (Å²) in [6, 6.07) is 5.49. The molecule has 0 fully saturated rings. The Morgan fingerprint density at radius 3 is 2.74 bits per heavy atom. The first-order chi connectivity index (χ1) is 12.9. The quantitative estimate of drug-likeness (QED) is 0.368. The van der Waals surface area contributed by atoms with Crippen LogP contribution in [0.2, 0.25) is 10.0 Å². The second kappa shape index (κ2) is 8.21. The van der Waals surface area contributed by atoms with Crippen LogP contribution < -0.4 is 16.2 Å². The van der Waals surface area contributed by atoms with Gasteiger partial charge in [0.15, 0.2) is 5.82 Å². The van der Waals surface area contributed by atoms with Crippen LogP contribution in [0.5, 0.6) is 0 Å². The Labute approximate surface area is 163 Å². The second-order valence-electron chi connectivity index (χ2n) is 5.94. The van der Waals surface area contributed by atoms with Gasteiger partial charge < -0.3 is 9.88 Å². The van der Waals surface area contributed by atoms with E-state index in [1.165, 1.54) is 29.1 Å². The van der Waals surface area contributed by atoms with Crippen LogP contribution in [0.15, 0.2) is 35.4 Å². The third-order valence-corrected chi connectivity index (χ3v) is 4.93. The first-order valence-corrected chi connectivity index (χ1v) is 8.86. The molecule has 3 aromatic rings. The molecule has 0 spiro atoms. The molecule has 1 heterocycles. The van der Waals surface area contributed by atoms with Gasteiger partial charge in [0.25, 0.3) is 5.56 Å². The van der Waals surface area contributed by atoms with Gasteiger partial charge in [0.05, 0.1) is 28.4 Å². The number of hydrogen-bond donors (Lipinski definition) is 2. The summed E-state index contributed by atoms with van der Waals surface area (Å²) in [5, 5.41) is 6.71. The van der Waals surface area contributed by atoms with Crippen LogP contribution in [0.4, 0.5) is 14.5 Å². The molecule has 0 saturated heterocycles. The summed E-state index contributed by atoms with van der Waals surface area (Å²) in [5.41, 5.74) is 0.469. The number of benzene rings is 2. The van der Waals surface area contributed by atoms with Crippen LogP contribution in [0.25, 0.3) is 10.9 Å². The highest BCUT2D eigenvalue weighted by molar-refractivity contribution is 6.42. The molecule has 0 amide bonds. The predicted octanol–water partition coefficient (Wildman–Crippen LogP) is 3.72. The van der Waals surface area contributed by atoms with Crippen LogP contribution in [0.1, 0.15) is 5.56 Å². The largest absolute Gasteiger partial charge is 0.372 e. The fraction of sp³-hybridized carbons (Fsp3) is 0.222. The van der Waals surface area contributed by atoms with Crippen molar-refractivity contribution < 1.29 is 8.78 Å². The minimum Gasteiger partial charge on any atom is -0.372 e. The molecular weight excluding hydrogens is 397 g/mol. The third kappa shape index (κ3) is 4.21. The minimum atomic E-state index is -0.583. The highest BCUT2D eigenvalue weighted by Crippen LogP contribution is 2.28. The van der Waals surface area contributed by atoms with Crippen LogP contribution >= 0.6 is 23.2 Å². The SMILES string of the molecule is Cn1cnc2c(F)cc(NCNCCc3c(F)ccc(Cl)c3Cl)cc2c1=O. The maximum atomic E-state index is 14.1. The van der Waals surface area contributed by atoms with Gasteiger partial charge in [-0.25, -0.2) is 13.8 Å². The van der Waals surface area contributed by atoms with E-state index in [1.807, 2.05) is 0 Å². The van der Waals surface area contributed by atoms with Crippen LogP contribution in [-0.2, 0) is 13.5 Å². The highest BCUT2D eigenvalue weighted by Gasteiger charge is 2.11. The number of hydrogen-bond acceptors (Lipinski definition) is 4. The number of rotatable bonds is 6. The molecule has 3 rings (SSSR count). The van der Waals surface area contributed by atoms with E-state index in [1.54, 1.807) is 13.1 Å². The topological polar surface area (TPSA) is 59.0 Å². The Morgan fingerprint density at radius 2 is 1.96 bits per heavy atom. The van der Waals surface area contributed by atoms with E-state index < -0.39 is 11.6 Å². The lowest BCUT2D eigenvalue weighted by Gasteiger charge is -2.11. The van der Waals surface area contributed by atoms with E-state index in [0.29, 0.717) is 29.2 Å². The number of aryl methyl sites for hydroxylation is 1. The van der Waals surface area contributed by atoms with Gasteiger partial charge in [-0.3, -0.25) is 10.1 Å². The molecule has 0 saturated carbocycles. The smallest absolute Gasteiger partial charge is 0.261 e. The van der Waals surface area contributed by atoms with Crippen molar-refractivity contribution in [3.63, 3.8) is 0 Å². The minimum absolute atomic E-state index is 0.0303. The van der Waals surface area contributed by atoms with Gasteiger partial charge >= 0.3 is 0 Å². The highest BCUT2D eigenvalue weighted by atomic mass is 35.5. The normalized spacial score (nSPS) is 11.1. The van der Waals surface area contributed by atoms with Gasteiger partial charge in [0.2, 0.25) is 0 Å². The zero-order chi connectivity index (χ0) is 19.6. The summed E-state index contributed by atoms with van der Waals surface area (Å²) in [5.74, 6) is -1.00. The molecule has 2 N–H and O–H groups in total. The summed E-state index contributed by atoms with van der Waals surface area (Å²) in [7, 11) is 1.55. The van der Waals surface area contributed by atoms with Crippen molar-refractivity contribution in [2.24, 2.45) is 7.05 Å². The van der Waals surface area contributed by atoms with Gasteiger partial charge in [0.1, 0.15) is 11.3 Å². The van der Waals surface area contributed by atoms with Crippen molar-refractivity contribution >= 4 is 39.8 Å². The van der Waals surface area contributed by atoms with Crippen molar-refractivity contribution in [1.82, 2.24) is 14.9 Å². The molecule has 1 aromatic heterocycles. The van der Waals surface area contributed by atoms with Crippen molar-refractivity contribution in [3.8, 4) is 0 Å². The first-order valence-electron chi connectivity index (χ1n) is 8.10. The van der Waals surface area contributed by atoms with Crippen molar-refractivity contribution in [3.05, 3.63) is 68.2 Å². The summed E-state index contributed by atoms with van der Waals surface area (Å²) in [6.07, 6.45) is 1.62. The fourth-order valence-corrected chi connectivity index (χ4v) is 3.07. The van der Waals surface area contributed by atoms with E-state index in [-0.39, 0.29) is 28.2 Å². The van der Waals surface area contributed by atoms with E-state index in [4.69, 9.17) is 23.2 Å². The zero-order valence-electron chi connectivity index (χ0n) is 14.3. The number of halogens is 4. The molecule has 0 bridgehead atoms. The molecule has 0 aliphatic heterocycles. The lowest BCUT2D eigenvalue weighted by Crippen LogP contribution is -2.25. The number of nitrogens with one attached hydrogen (secondary N) is 2. The Morgan fingerprint density at radius 1 is 1.19 bits per heavy atom. The number of nitrogens with zero attached hydrogens (tertiary/aromatic N) is 2. The standard InChI is InChI=1S/C18H16Cl2F2N4O/c1-26-9-25-17-12(18(26)27)6-10(7-15(17)22)24-8-23-5-4-11-14(21)3-2-13(19)16(11)20/h2-3,6-7,9,23-24H,4-5,8H2,1H3. The molecule has 0 aliphatic rings. The Kier molecular flexibility index (Phi) is 5.94. The van der Waals surface area contributed by atoms with Crippen molar-refractivity contribution in [2.45, 2.75) is 6.42 Å². The van der Waals surface area contributed by atoms with Gasteiger partial charge in [-0.2, -0.15) is 0 Å². The molecule has 2 aromatic carbocycles. The molecule has 9 heteroatoms. The van der Waals surface area contributed by atoms with Crippen molar-refractivity contribution in [1.29, 1.82) is 0 Å². The fourth-order valence-electron chi connectivity index (χ4n) is 2.65. The monoisotopic (exact) mass is 412 g/mol. The molecule has 142 valence electrons. The molecule has 5 nitrogen and oxygen atoms in total. The number of anilines is 1. The molecule has 27 heavy (non-hydrogen) atoms. The van der Waals surface area contributed by atoms with Crippen LogP contribution in [0.3, 0.4) is 0 Å². The lowest BCUT2D eigenvalue weighted by atomic mass is 10.1. The molecule has 0 aliphatic carbocycles. The maximum Gasteiger partial charge on any atom is 0.261 e. The lowest BCUT2D eigenvalue weighted by molar-refractivity contribution is 0.601. The van der Waals surface area contributed by atoms with Crippen LogP contribution in [-0.4, -0.2) is 22.8 Å². The molecule has 0 radical (unpaired) electrons. The predicted molar refractivity (Wildman–Crippen MR) is 104 cm³/mol. The number of fused-ring (bicyclic) bond motifs is 1. The Hall–Kier alpha value is -2.22. The van der Waals surface area contributed by atoms with Gasteiger partial charge in [0, 0.05) is 24.8 Å². The summed E-state index contributed by atoms with van der Waals surface area (Å²) in [6.45, 7) is 0.703. The maximum absolute atomic E-state index is 14.1. The average molecular weight is 413 g/mol. The molecule has 0 atom stereocenters. The van der Waals surface area contributed by atoms with Crippen molar-refractivity contribution in [2.75, 3.05) is 18.5 Å². The summed E-state index contributed by atoms with van der Waals surface area (Å²) < 4.78 is 29.2. The molecular formula is C18H16Cl2F2N4O. The average Bonchev–Trinajstić information content (AvgIpc) is 2.64. The van der Waals surface area contributed by atoms with E-state index in [0.717, 1.165) is 0 Å². The van der Waals surface area contributed by atoms with Gasteiger partial charge in [-0.15, -0.1) is 0 Å². The van der Waals surface area contributed by atoms with Gasteiger partial charge in [-0.05, 0) is 30.7 Å². The Balaban J connectivity index is 1.62. The summed E-state index contributed by atoms with van der Waals surface area (Å²) in [4.78, 5) is 16.0. The van der Waals surface area contributed by atoms with E-state index >= 15 is 0 Å². The van der Waals surface area contributed by atoms with Gasteiger partial charge in [-0.1, -0.05) is 23.2 Å². The second-order valence-corrected chi connectivity index (χ2v) is 6.73. The third-order valence-electron chi connectivity index (χ3n) is 4.08. The van der Waals surface area contributed by atoms with E-state index in [9.17, 15) is 13.6 Å². The first kappa shape index (κ1) is 19.5.